The first-order valence-electron chi connectivity index (χ1n) is 7.32. The number of likely N-dealkylation sites (tertiary alicyclic amines) is 1. The smallest absolute Gasteiger partial charge is 0.407 e. The van der Waals surface area contributed by atoms with Gasteiger partial charge in [-0.15, -0.1) is 0 Å². The number of sulfone groups is 1. The Balaban J connectivity index is 1.52. The van der Waals surface area contributed by atoms with Gasteiger partial charge in [0.15, 0.2) is 0 Å². The van der Waals surface area contributed by atoms with Crippen molar-refractivity contribution in [3.05, 3.63) is 29.8 Å². The maximum Gasteiger partial charge on any atom is 0.407 e. The van der Waals surface area contributed by atoms with E-state index in [0.29, 0.717) is 19.0 Å². The summed E-state index contributed by atoms with van der Waals surface area (Å²) in [4.78, 5) is 14.3. The molecule has 1 N–H and O–H groups in total. The zero-order valence-electron chi connectivity index (χ0n) is 12.5. The first-order chi connectivity index (χ1) is 10.3. The molecule has 0 spiro atoms. The molecule has 0 unspecified atom stereocenters. The minimum Gasteiger partial charge on any atom is -0.465 e. The Hall–Kier alpha value is -1.76. The number of anilines is 1. The van der Waals surface area contributed by atoms with E-state index in [1.54, 1.807) is 0 Å². The Labute approximate surface area is 130 Å². The van der Waals surface area contributed by atoms with Gasteiger partial charge in [0, 0.05) is 50.0 Å². The number of carboxylic acid groups (broad SMARTS) is 1. The first-order valence-corrected chi connectivity index (χ1v) is 9.38. The Morgan fingerprint density at radius 3 is 2.27 bits per heavy atom. The molecule has 7 heteroatoms. The second-order valence-electron chi connectivity index (χ2n) is 6.34. The molecule has 0 aliphatic carbocycles. The molecule has 22 heavy (non-hydrogen) atoms. The van der Waals surface area contributed by atoms with Crippen LogP contribution in [0.4, 0.5) is 10.5 Å². The average molecular weight is 324 g/mol. The quantitative estimate of drug-likeness (QED) is 0.902. The van der Waals surface area contributed by atoms with Crippen LogP contribution in [0.3, 0.4) is 0 Å². The highest BCUT2D eigenvalue weighted by Gasteiger charge is 2.32. The molecule has 6 nitrogen and oxygen atoms in total. The molecule has 1 aromatic carbocycles. The van der Waals surface area contributed by atoms with Crippen LogP contribution in [-0.4, -0.2) is 62.7 Å². The number of carbonyl (C=O) groups is 1. The van der Waals surface area contributed by atoms with Gasteiger partial charge in [0.2, 0.25) is 0 Å². The third-order valence-corrected chi connectivity index (χ3v) is 5.45. The Morgan fingerprint density at radius 2 is 1.77 bits per heavy atom. The monoisotopic (exact) mass is 324 g/mol. The topological polar surface area (TPSA) is 77.9 Å². The van der Waals surface area contributed by atoms with Gasteiger partial charge >= 0.3 is 6.09 Å². The van der Waals surface area contributed by atoms with E-state index in [0.717, 1.165) is 24.3 Å². The van der Waals surface area contributed by atoms with Crippen molar-refractivity contribution in [3.8, 4) is 0 Å². The van der Waals surface area contributed by atoms with E-state index < -0.39 is 15.9 Å². The molecule has 1 aromatic rings. The van der Waals surface area contributed by atoms with Crippen molar-refractivity contribution in [1.29, 1.82) is 0 Å². The number of rotatable bonds is 4. The Morgan fingerprint density at radius 1 is 1.18 bits per heavy atom. The molecule has 1 amide bonds. The Bertz CT molecular complexity index is 659. The summed E-state index contributed by atoms with van der Waals surface area (Å²) in [5.74, 6) is 0.777. The fourth-order valence-electron chi connectivity index (χ4n) is 3.12. The van der Waals surface area contributed by atoms with E-state index in [2.05, 4.69) is 4.90 Å². The molecule has 3 rings (SSSR count). The van der Waals surface area contributed by atoms with E-state index >= 15 is 0 Å². The lowest BCUT2D eigenvalue weighted by Crippen LogP contribution is -2.49. The number of amides is 1. The predicted octanol–water partition coefficient (Wildman–Crippen LogP) is 1.24. The van der Waals surface area contributed by atoms with Gasteiger partial charge in [0.25, 0.3) is 0 Å². The standard InChI is InChI=1S/C15H20N2O4S/c1-22(20,21)10-11-6-16(7-11)14-4-2-12(3-5-14)13-8-17(9-13)15(18)19/h2-5,11,13H,6-10H2,1H3,(H,18,19). The summed E-state index contributed by atoms with van der Waals surface area (Å²) in [5, 5.41) is 8.84. The highest BCUT2D eigenvalue weighted by atomic mass is 32.2. The van der Waals surface area contributed by atoms with E-state index in [1.807, 2.05) is 24.3 Å². The highest BCUT2D eigenvalue weighted by Crippen LogP contribution is 2.30. The van der Waals surface area contributed by atoms with Crippen LogP contribution in [0.2, 0.25) is 0 Å². The van der Waals surface area contributed by atoms with Crippen LogP contribution in [0.1, 0.15) is 11.5 Å². The summed E-state index contributed by atoms with van der Waals surface area (Å²) in [6.45, 7) is 2.69. The minimum absolute atomic E-state index is 0.227. The van der Waals surface area contributed by atoms with Crippen molar-refractivity contribution in [1.82, 2.24) is 4.90 Å². The van der Waals surface area contributed by atoms with Gasteiger partial charge in [-0.3, -0.25) is 0 Å². The minimum atomic E-state index is -2.90. The van der Waals surface area contributed by atoms with E-state index in [-0.39, 0.29) is 11.7 Å². The third-order valence-electron chi connectivity index (χ3n) is 4.38. The van der Waals surface area contributed by atoms with Crippen LogP contribution in [0.25, 0.3) is 0 Å². The van der Waals surface area contributed by atoms with Crippen molar-refractivity contribution in [2.24, 2.45) is 5.92 Å². The first kappa shape index (κ1) is 15.1. The second-order valence-corrected chi connectivity index (χ2v) is 8.52. The lowest BCUT2D eigenvalue weighted by Gasteiger charge is -2.41. The molecule has 0 radical (unpaired) electrons. The molecule has 0 atom stereocenters. The van der Waals surface area contributed by atoms with Gasteiger partial charge in [-0.2, -0.15) is 0 Å². The third kappa shape index (κ3) is 3.19. The summed E-state index contributed by atoms with van der Waals surface area (Å²) in [6.07, 6.45) is 0.425. The summed E-state index contributed by atoms with van der Waals surface area (Å²) in [6, 6.07) is 8.16. The van der Waals surface area contributed by atoms with Crippen LogP contribution in [-0.2, 0) is 9.84 Å². The van der Waals surface area contributed by atoms with Gasteiger partial charge in [-0.1, -0.05) is 12.1 Å². The number of nitrogens with zero attached hydrogens (tertiary/aromatic N) is 2. The maximum atomic E-state index is 11.2. The van der Waals surface area contributed by atoms with Crippen molar-refractivity contribution < 1.29 is 18.3 Å². The fourth-order valence-corrected chi connectivity index (χ4v) is 4.18. The summed E-state index contributed by atoms with van der Waals surface area (Å²) in [5.41, 5.74) is 2.26. The number of hydrogen-bond donors (Lipinski definition) is 1. The zero-order valence-corrected chi connectivity index (χ0v) is 13.3. The fraction of sp³-hybridized carbons (Fsp3) is 0.533. The zero-order chi connectivity index (χ0) is 15.9. The van der Waals surface area contributed by atoms with Crippen LogP contribution in [0.5, 0.6) is 0 Å². The molecule has 0 saturated carbocycles. The number of benzene rings is 1. The van der Waals surface area contributed by atoms with Crippen molar-refractivity contribution in [3.63, 3.8) is 0 Å². The van der Waals surface area contributed by atoms with Crippen LogP contribution in [0.15, 0.2) is 24.3 Å². The number of hydrogen-bond acceptors (Lipinski definition) is 4. The molecule has 2 saturated heterocycles. The van der Waals surface area contributed by atoms with Crippen molar-refractivity contribution >= 4 is 21.6 Å². The highest BCUT2D eigenvalue weighted by molar-refractivity contribution is 7.90. The van der Waals surface area contributed by atoms with Crippen LogP contribution >= 0.6 is 0 Å². The molecule has 2 aliphatic heterocycles. The van der Waals surface area contributed by atoms with Crippen LogP contribution in [0, 0.1) is 5.92 Å². The predicted molar refractivity (Wildman–Crippen MR) is 84.2 cm³/mol. The Kier molecular flexibility index (Phi) is 3.76. The molecular formula is C15H20N2O4S. The molecular weight excluding hydrogens is 304 g/mol. The lowest BCUT2D eigenvalue weighted by atomic mass is 9.91. The second kappa shape index (κ2) is 5.46. The molecule has 120 valence electrons. The maximum absolute atomic E-state index is 11.2. The molecule has 2 aliphatic rings. The lowest BCUT2D eigenvalue weighted by molar-refractivity contribution is 0.105. The normalized spacial score (nSPS) is 19.7. The molecule has 0 bridgehead atoms. The summed E-state index contributed by atoms with van der Waals surface area (Å²) < 4.78 is 22.5. The molecule has 0 aromatic heterocycles. The summed E-state index contributed by atoms with van der Waals surface area (Å²) >= 11 is 0. The van der Waals surface area contributed by atoms with Gasteiger partial charge in [0.05, 0.1) is 5.75 Å². The van der Waals surface area contributed by atoms with E-state index in [1.165, 1.54) is 11.2 Å². The van der Waals surface area contributed by atoms with E-state index in [4.69, 9.17) is 5.11 Å². The summed E-state index contributed by atoms with van der Waals surface area (Å²) in [7, 11) is -2.90. The van der Waals surface area contributed by atoms with Gasteiger partial charge in [-0.25, -0.2) is 13.2 Å². The SMILES string of the molecule is CS(=O)(=O)CC1CN(c2ccc(C3CN(C(=O)O)C3)cc2)C1. The average Bonchev–Trinajstić information content (AvgIpc) is 2.31. The largest absolute Gasteiger partial charge is 0.465 e. The van der Waals surface area contributed by atoms with Gasteiger partial charge in [0.1, 0.15) is 9.84 Å². The van der Waals surface area contributed by atoms with E-state index in [9.17, 15) is 13.2 Å². The van der Waals surface area contributed by atoms with Crippen LogP contribution < -0.4 is 4.90 Å². The van der Waals surface area contributed by atoms with Crippen molar-refractivity contribution in [2.75, 3.05) is 43.1 Å². The molecule has 2 fully saturated rings. The molecule has 2 heterocycles. The van der Waals surface area contributed by atoms with Crippen molar-refractivity contribution in [2.45, 2.75) is 5.92 Å². The van der Waals surface area contributed by atoms with Gasteiger partial charge < -0.3 is 14.9 Å². The van der Waals surface area contributed by atoms with Gasteiger partial charge in [-0.05, 0) is 17.7 Å².